The van der Waals surface area contributed by atoms with Gasteiger partial charge in [0, 0.05) is 17.8 Å². The van der Waals surface area contributed by atoms with Crippen LogP contribution in [0.3, 0.4) is 0 Å². The molecule has 4 aromatic rings. The fraction of sp³-hybridized carbons (Fsp3) is 0.100. The van der Waals surface area contributed by atoms with E-state index in [1.165, 1.54) is 11.3 Å². The number of nitrogens with one attached hydrogen (secondary N) is 3. The molecule has 4 rings (SSSR count). The van der Waals surface area contributed by atoms with E-state index in [1.807, 2.05) is 60.1 Å². The maximum absolute atomic E-state index is 12.8. The lowest BCUT2D eigenvalue weighted by Gasteiger charge is -2.17. The Hall–Kier alpha value is -3.16. The maximum Gasteiger partial charge on any atom is 0.264 e. The van der Waals surface area contributed by atoms with Crippen molar-refractivity contribution in [1.29, 1.82) is 0 Å². The lowest BCUT2D eigenvalue weighted by atomic mass is 10.1. The van der Waals surface area contributed by atoms with E-state index < -0.39 is 6.04 Å². The zero-order valence-corrected chi connectivity index (χ0v) is 15.2. The van der Waals surface area contributed by atoms with Crippen LogP contribution in [0.2, 0.25) is 0 Å². The minimum Gasteiger partial charge on any atom is -0.394 e. The Kier molecular flexibility index (Phi) is 4.86. The molecule has 0 bridgehead atoms. The standard InChI is InChI=1S/C20H18N4O2S/c25-12-17(13-4-2-1-3-5-13)24-20(26)18-16(8-11-27-18)23-15-7-10-22-19-14(15)6-9-21-19/h1-11,17,25H,12H2,(H,24,26)(H2,21,22,23). The van der Waals surface area contributed by atoms with Gasteiger partial charge in [-0.3, -0.25) is 4.79 Å². The molecule has 3 heterocycles. The van der Waals surface area contributed by atoms with Gasteiger partial charge in [-0.2, -0.15) is 0 Å². The van der Waals surface area contributed by atoms with Gasteiger partial charge in [0.05, 0.1) is 24.0 Å². The summed E-state index contributed by atoms with van der Waals surface area (Å²) in [4.78, 5) is 20.7. The zero-order valence-electron chi connectivity index (χ0n) is 14.3. The third-order valence-corrected chi connectivity index (χ3v) is 5.20. The third kappa shape index (κ3) is 3.55. The number of aromatic amines is 1. The monoisotopic (exact) mass is 378 g/mol. The molecule has 0 radical (unpaired) electrons. The molecular weight excluding hydrogens is 360 g/mol. The summed E-state index contributed by atoms with van der Waals surface area (Å²) in [6.07, 6.45) is 3.54. The second-order valence-corrected chi connectivity index (χ2v) is 6.92. The second-order valence-electron chi connectivity index (χ2n) is 6.01. The minimum absolute atomic E-state index is 0.168. The van der Waals surface area contributed by atoms with Crippen molar-refractivity contribution in [2.75, 3.05) is 11.9 Å². The summed E-state index contributed by atoms with van der Waals surface area (Å²) in [7, 11) is 0. The number of H-pyrrole nitrogens is 1. The van der Waals surface area contributed by atoms with E-state index in [4.69, 9.17) is 0 Å². The average molecular weight is 378 g/mol. The van der Waals surface area contributed by atoms with Gasteiger partial charge >= 0.3 is 0 Å². The van der Waals surface area contributed by atoms with Crippen molar-refractivity contribution in [1.82, 2.24) is 15.3 Å². The Bertz CT molecular complexity index is 1060. The predicted molar refractivity (Wildman–Crippen MR) is 107 cm³/mol. The van der Waals surface area contributed by atoms with Gasteiger partial charge in [0.1, 0.15) is 10.5 Å². The first kappa shape index (κ1) is 17.3. The summed E-state index contributed by atoms with van der Waals surface area (Å²) < 4.78 is 0. The summed E-state index contributed by atoms with van der Waals surface area (Å²) in [6, 6.07) is 14.7. The molecule has 0 fully saturated rings. The highest BCUT2D eigenvalue weighted by Gasteiger charge is 2.19. The lowest BCUT2D eigenvalue weighted by molar-refractivity contribution is 0.0921. The fourth-order valence-corrected chi connectivity index (χ4v) is 3.69. The van der Waals surface area contributed by atoms with E-state index in [9.17, 15) is 9.90 Å². The maximum atomic E-state index is 12.8. The number of hydrogen-bond donors (Lipinski definition) is 4. The molecule has 6 nitrogen and oxygen atoms in total. The van der Waals surface area contributed by atoms with Crippen LogP contribution in [-0.4, -0.2) is 27.6 Å². The van der Waals surface area contributed by atoms with Crippen LogP contribution in [0, 0.1) is 0 Å². The Labute approximate surface area is 159 Å². The largest absolute Gasteiger partial charge is 0.394 e. The van der Waals surface area contributed by atoms with E-state index in [-0.39, 0.29) is 12.5 Å². The summed E-state index contributed by atoms with van der Waals surface area (Å²) in [6.45, 7) is -0.168. The second kappa shape index (κ2) is 7.61. The SMILES string of the molecule is O=C(NC(CO)c1ccccc1)c1sccc1Nc1ccnc2[nH]ccc12. The number of aliphatic hydroxyl groups is 1. The third-order valence-electron chi connectivity index (χ3n) is 4.29. The van der Waals surface area contributed by atoms with Crippen LogP contribution in [0.4, 0.5) is 11.4 Å². The summed E-state index contributed by atoms with van der Waals surface area (Å²) >= 11 is 1.35. The summed E-state index contributed by atoms with van der Waals surface area (Å²) in [5.41, 5.74) is 3.24. The van der Waals surface area contributed by atoms with Crippen molar-refractivity contribution in [3.8, 4) is 0 Å². The van der Waals surface area contributed by atoms with Gasteiger partial charge in [0.25, 0.3) is 5.91 Å². The Balaban J connectivity index is 1.56. The molecule has 1 aromatic carbocycles. The van der Waals surface area contributed by atoms with Crippen LogP contribution in [0.1, 0.15) is 21.3 Å². The van der Waals surface area contributed by atoms with Gasteiger partial charge in [0.15, 0.2) is 0 Å². The highest BCUT2D eigenvalue weighted by Crippen LogP contribution is 2.30. The highest BCUT2D eigenvalue weighted by molar-refractivity contribution is 7.12. The molecule has 0 aliphatic rings. The van der Waals surface area contributed by atoms with Gasteiger partial charge in [-0.25, -0.2) is 4.98 Å². The molecule has 27 heavy (non-hydrogen) atoms. The number of fused-ring (bicyclic) bond motifs is 1. The van der Waals surface area contributed by atoms with Gasteiger partial charge < -0.3 is 20.7 Å². The minimum atomic E-state index is -0.453. The summed E-state index contributed by atoms with van der Waals surface area (Å²) in [5.74, 6) is -0.227. The van der Waals surface area contributed by atoms with Crippen LogP contribution in [0.25, 0.3) is 11.0 Å². The molecule has 0 aliphatic heterocycles. The number of hydrogen-bond acceptors (Lipinski definition) is 5. The quantitative estimate of drug-likeness (QED) is 0.410. The van der Waals surface area contributed by atoms with Crippen molar-refractivity contribution in [3.63, 3.8) is 0 Å². The number of nitrogens with zero attached hydrogens (tertiary/aromatic N) is 1. The van der Waals surface area contributed by atoms with E-state index in [2.05, 4.69) is 20.6 Å². The first-order valence-corrected chi connectivity index (χ1v) is 9.37. The number of amides is 1. The van der Waals surface area contributed by atoms with E-state index >= 15 is 0 Å². The topological polar surface area (TPSA) is 90.0 Å². The van der Waals surface area contributed by atoms with Crippen molar-refractivity contribution in [2.24, 2.45) is 0 Å². The van der Waals surface area contributed by atoms with Crippen LogP contribution in [0.15, 0.2) is 66.3 Å². The van der Waals surface area contributed by atoms with Crippen molar-refractivity contribution >= 4 is 39.7 Å². The Morgan fingerprint density at radius 1 is 1.15 bits per heavy atom. The van der Waals surface area contributed by atoms with E-state index in [1.54, 1.807) is 6.20 Å². The molecule has 4 N–H and O–H groups in total. The molecule has 0 aliphatic carbocycles. The number of pyridine rings is 1. The van der Waals surface area contributed by atoms with Gasteiger partial charge in [-0.15, -0.1) is 11.3 Å². The van der Waals surface area contributed by atoms with Gasteiger partial charge in [-0.05, 0) is 29.1 Å². The smallest absolute Gasteiger partial charge is 0.264 e. The molecule has 0 saturated carbocycles. The predicted octanol–water partition coefficient (Wildman–Crippen LogP) is 3.83. The van der Waals surface area contributed by atoms with E-state index in [0.717, 1.165) is 28.0 Å². The summed E-state index contributed by atoms with van der Waals surface area (Å²) in [5, 5.41) is 18.7. The Morgan fingerprint density at radius 2 is 2.00 bits per heavy atom. The number of rotatable bonds is 6. The lowest BCUT2D eigenvalue weighted by Crippen LogP contribution is -2.30. The van der Waals surface area contributed by atoms with Crippen molar-refractivity contribution < 1.29 is 9.90 Å². The molecule has 136 valence electrons. The molecule has 1 atom stereocenters. The fourth-order valence-electron chi connectivity index (χ4n) is 2.94. The number of anilines is 2. The first-order valence-electron chi connectivity index (χ1n) is 8.49. The number of carbonyl (C=O) groups is 1. The van der Waals surface area contributed by atoms with Crippen LogP contribution >= 0.6 is 11.3 Å². The van der Waals surface area contributed by atoms with Crippen LogP contribution in [-0.2, 0) is 0 Å². The number of carbonyl (C=O) groups excluding carboxylic acids is 1. The zero-order chi connectivity index (χ0) is 18.6. The van der Waals surface area contributed by atoms with Gasteiger partial charge in [0.2, 0.25) is 0 Å². The number of aromatic nitrogens is 2. The molecule has 1 amide bonds. The molecule has 3 aromatic heterocycles. The molecule has 0 spiro atoms. The van der Waals surface area contributed by atoms with Crippen LogP contribution in [0.5, 0.6) is 0 Å². The van der Waals surface area contributed by atoms with Gasteiger partial charge in [-0.1, -0.05) is 30.3 Å². The molecular formula is C20H18N4O2S. The number of benzene rings is 1. The number of thiophene rings is 1. The molecule has 1 unspecified atom stereocenters. The first-order chi connectivity index (χ1) is 13.3. The molecule has 0 saturated heterocycles. The van der Waals surface area contributed by atoms with Crippen molar-refractivity contribution in [3.05, 3.63) is 76.7 Å². The molecule has 7 heteroatoms. The number of aliphatic hydroxyl groups excluding tert-OH is 1. The average Bonchev–Trinajstić information content (AvgIpc) is 3.36. The van der Waals surface area contributed by atoms with Crippen molar-refractivity contribution in [2.45, 2.75) is 6.04 Å². The highest BCUT2D eigenvalue weighted by atomic mass is 32.1. The van der Waals surface area contributed by atoms with E-state index in [0.29, 0.717) is 4.88 Å². The Morgan fingerprint density at radius 3 is 2.81 bits per heavy atom. The van der Waals surface area contributed by atoms with Crippen LogP contribution < -0.4 is 10.6 Å². The normalized spacial score (nSPS) is 12.0.